The van der Waals surface area contributed by atoms with Gasteiger partial charge in [-0.05, 0) is 55.3 Å². The van der Waals surface area contributed by atoms with Crippen LogP contribution in [0.5, 0.6) is 0 Å². The number of likely N-dealkylation sites (N-methyl/N-ethyl adjacent to an activating group) is 1. The van der Waals surface area contributed by atoms with Crippen LogP contribution in [0, 0.1) is 5.41 Å². The Labute approximate surface area is 138 Å². The maximum absolute atomic E-state index is 3.63. The second-order valence-electron chi connectivity index (χ2n) is 7.34. The molecule has 0 amide bonds. The van der Waals surface area contributed by atoms with E-state index in [2.05, 4.69) is 52.4 Å². The summed E-state index contributed by atoms with van der Waals surface area (Å²) >= 11 is 3.57. The van der Waals surface area contributed by atoms with Crippen LogP contribution in [0.2, 0.25) is 0 Å². The van der Waals surface area contributed by atoms with E-state index in [4.69, 9.17) is 0 Å². The Bertz CT molecular complexity index is 449. The van der Waals surface area contributed by atoms with Crippen molar-refractivity contribution in [2.24, 2.45) is 5.41 Å². The molecule has 1 nitrogen and oxygen atoms in total. The summed E-state index contributed by atoms with van der Waals surface area (Å²) in [6.07, 6.45) is 11.6. The van der Waals surface area contributed by atoms with Crippen molar-refractivity contribution in [1.82, 2.24) is 5.32 Å². The summed E-state index contributed by atoms with van der Waals surface area (Å²) in [5.41, 5.74) is 2.60. The van der Waals surface area contributed by atoms with Crippen LogP contribution >= 0.6 is 15.9 Å². The fourth-order valence-corrected chi connectivity index (χ4v) is 5.08. The summed E-state index contributed by atoms with van der Waals surface area (Å²) in [4.78, 5) is 0. The molecule has 1 aromatic rings. The maximum Gasteiger partial charge on any atom is 0.0175 e. The SMILES string of the molecule is CCNCC1(c2ccc(Br)cc2)CC2(CCCCCC2)C1. The fraction of sp³-hybridized carbons (Fsp3) is 0.684. The lowest BCUT2D eigenvalue weighted by Crippen LogP contribution is -2.54. The lowest BCUT2D eigenvalue weighted by Gasteiger charge is -2.57. The van der Waals surface area contributed by atoms with Crippen molar-refractivity contribution in [2.45, 2.75) is 63.7 Å². The van der Waals surface area contributed by atoms with Gasteiger partial charge in [-0.3, -0.25) is 0 Å². The molecule has 3 rings (SSSR count). The van der Waals surface area contributed by atoms with E-state index in [1.807, 2.05) is 0 Å². The molecule has 0 aromatic heterocycles. The summed E-state index contributed by atoms with van der Waals surface area (Å²) < 4.78 is 1.19. The first kappa shape index (κ1) is 15.6. The van der Waals surface area contributed by atoms with Crippen molar-refractivity contribution in [3.05, 3.63) is 34.3 Å². The first-order valence-corrected chi connectivity index (χ1v) is 9.44. The molecule has 0 aliphatic heterocycles. The average molecular weight is 350 g/mol. The minimum atomic E-state index is 0.390. The van der Waals surface area contributed by atoms with Crippen LogP contribution in [0.3, 0.4) is 0 Å². The van der Waals surface area contributed by atoms with Gasteiger partial charge in [0.25, 0.3) is 0 Å². The van der Waals surface area contributed by atoms with Gasteiger partial charge in [-0.2, -0.15) is 0 Å². The zero-order valence-corrected chi connectivity index (χ0v) is 14.8. The molecule has 1 aromatic carbocycles. The molecule has 2 saturated carbocycles. The molecule has 1 N–H and O–H groups in total. The second kappa shape index (κ2) is 6.42. The number of rotatable bonds is 4. The van der Waals surface area contributed by atoms with Gasteiger partial charge in [-0.1, -0.05) is 60.7 Å². The normalized spacial score (nSPS) is 23.5. The lowest BCUT2D eigenvalue weighted by atomic mass is 9.48. The Kier molecular flexibility index (Phi) is 4.75. The zero-order valence-electron chi connectivity index (χ0n) is 13.3. The highest BCUT2D eigenvalue weighted by Gasteiger charge is 2.54. The quantitative estimate of drug-likeness (QED) is 0.763. The molecule has 0 atom stereocenters. The van der Waals surface area contributed by atoms with E-state index in [-0.39, 0.29) is 0 Å². The van der Waals surface area contributed by atoms with Crippen molar-refractivity contribution in [2.75, 3.05) is 13.1 Å². The third-order valence-corrected chi connectivity index (χ3v) is 6.29. The summed E-state index contributed by atoms with van der Waals surface area (Å²) in [6, 6.07) is 9.10. The summed E-state index contributed by atoms with van der Waals surface area (Å²) in [6.45, 7) is 4.44. The Balaban J connectivity index is 1.78. The van der Waals surface area contributed by atoms with Crippen molar-refractivity contribution in [3.8, 4) is 0 Å². The zero-order chi connectivity index (χ0) is 14.8. The highest BCUT2D eigenvalue weighted by atomic mass is 79.9. The minimum Gasteiger partial charge on any atom is -0.316 e. The van der Waals surface area contributed by atoms with Crippen molar-refractivity contribution >= 4 is 15.9 Å². The molecule has 0 bridgehead atoms. The van der Waals surface area contributed by atoms with Gasteiger partial charge < -0.3 is 5.32 Å². The first-order valence-electron chi connectivity index (χ1n) is 8.65. The maximum atomic E-state index is 3.63. The Hall–Kier alpha value is -0.340. The van der Waals surface area contributed by atoms with Crippen molar-refractivity contribution in [3.63, 3.8) is 0 Å². The largest absolute Gasteiger partial charge is 0.316 e. The molecule has 21 heavy (non-hydrogen) atoms. The second-order valence-corrected chi connectivity index (χ2v) is 8.25. The number of hydrogen-bond donors (Lipinski definition) is 1. The van der Waals surface area contributed by atoms with Gasteiger partial charge in [0.05, 0.1) is 0 Å². The van der Waals surface area contributed by atoms with Gasteiger partial charge >= 0.3 is 0 Å². The van der Waals surface area contributed by atoms with Crippen LogP contribution in [-0.4, -0.2) is 13.1 Å². The van der Waals surface area contributed by atoms with Crippen LogP contribution in [0.1, 0.15) is 63.9 Å². The molecule has 2 aliphatic rings. The monoisotopic (exact) mass is 349 g/mol. The van der Waals surface area contributed by atoms with Crippen molar-refractivity contribution in [1.29, 1.82) is 0 Å². The lowest BCUT2D eigenvalue weighted by molar-refractivity contribution is 0.00643. The molecule has 0 saturated heterocycles. The molecule has 2 heteroatoms. The molecule has 116 valence electrons. The molecule has 0 radical (unpaired) electrons. The van der Waals surface area contributed by atoms with Crippen LogP contribution in [0.15, 0.2) is 28.7 Å². The molecule has 0 heterocycles. The molecule has 0 unspecified atom stereocenters. The van der Waals surface area contributed by atoms with Crippen LogP contribution in [-0.2, 0) is 5.41 Å². The highest BCUT2D eigenvalue weighted by molar-refractivity contribution is 9.10. The topological polar surface area (TPSA) is 12.0 Å². The first-order chi connectivity index (χ1) is 10.2. The predicted molar refractivity (Wildman–Crippen MR) is 93.7 cm³/mol. The number of halogens is 1. The third kappa shape index (κ3) is 3.22. The van der Waals surface area contributed by atoms with E-state index in [9.17, 15) is 0 Å². The number of nitrogens with one attached hydrogen (secondary N) is 1. The van der Waals surface area contributed by atoms with Gasteiger partial charge in [-0.25, -0.2) is 0 Å². The van der Waals surface area contributed by atoms with Gasteiger partial charge in [0.15, 0.2) is 0 Å². The molecular formula is C19H28BrN. The Morgan fingerprint density at radius 2 is 1.62 bits per heavy atom. The molecular weight excluding hydrogens is 322 g/mol. The predicted octanol–water partition coefficient (Wildman–Crippen LogP) is 5.43. The van der Waals surface area contributed by atoms with Gasteiger partial charge in [-0.15, -0.1) is 0 Å². The Morgan fingerprint density at radius 1 is 1.00 bits per heavy atom. The van der Waals surface area contributed by atoms with E-state index in [1.165, 1.54) is 55.8 Å². The van der Waals surface area contributed by atoms with E-state index >= 15 is 0 Å². The van der Waals surface area contributed by atoms with E-state index in [0.29, 0.717) is 10.8 Å². The number of hydrogen-bond acceptors (Lipinski definition) is 1. The van der Waals surface area contributed by atoms with Crippen LogP contribution in [0.25, 0.3) is 0 Å². The molecule has 2 fully saturated rings. The van der Waals surface area contributed by atoms with Crippen LogP contribution < -0.4 is 5.32 Å². The number of benzene rings is 1. The summed E-state index contributed by atoms with van der Waals surface area (Å²) in [5.74, 6) is 0. The summed E-state index contributed by atoms with van der Waals surface area (Å²) in [5, 5.41) is 3.63. The van der Waals surface area contributed by atoms with Crippen molar-refractivity contribution < 1.29 is 0 Å². The third-order valence-electron chi connectivity index (χ3n) is 5.76. The van der Waals surface area contributed by atoms with E-state index < -0.39 is 0 Å². The van der Waals surface area contributed by atoms with Gasteiger partial charge in [0.1, 0.15) is 0 Å². The van der Waals surface area contributed by atoms with E-state index in [0.717, 1.165) is 13.1 Å². The molecule has 1 spiro atoms. The average Bonchev–Trinajstić information content (AvgIpc) is 2.70. The fourth-order valence-electron chi connectivity index (χ4n) is 4.81. The highest BCUT2D eigenvalue weighted by Crippen LogP contribution is 2.61. The Morgan fingerprint density at radius 3 is 2.19 bits per heavy atom. The standard InChI is InChI=1S/C19H28BrN/c1-2-21-15-19(16-7-9-17(20)10-8-16)13-18(14-19)11-5-3-4-6-12-18/h7-10,21H,2-6,11-15H2,1H3. The smallest absolute Gasteiger partial charge is 0.0175 e. The minimum absolute atomic E-state index is 0.390. The van der Waals surface area contributed by atoms with Gasteiger partial charge in [0, 0.05) is 16.4 Å². The van der Waals surface area contributed by atoms with E-state index in [1.54, 1.807) is 5.56 Å². The molecule has 2 aliphatic carbocycles. The van der Waals surface area contributed by atoms with Gasteiger partial charge in [0.2, 0.25) is 0 Å². The summed E-state index contributed by atoms with van der Waals surface area (Å²) in [7, 11) is 0. The van der Waals surface area contributed by atoms with Crippen LogP contribution in [0.4, 0.5) is 0 Å².